The predicted octanol–water partition coefficient (Wildman–Crippen LogP) is 15.3. The van der Waals surface area contributed by atoms with Gasteiger partial charge in [0, 0.05) is 40.8 Å². The molecule has 11 rings (SSSR count). The van der Waals surface area contributed by atoms with Gasteiger partial charge in [-0.2, -0.15) is 11.3 Å². The van der Waals surface area contributed by atoms with E-state index in [1.165, 1.54) is 16.3 Å². The number of fused-ring (bicyclic) bond motifs is 4. The summed E-state index contributed by atoms with van der Waals surface area (Å²) in [5.74, 6) is 0.822. The van der Waals surface area contributed by atoms with Crippen LogP contribution in [0.2, 0.25) is 19.6 Å². The first-order valence-corrected chi connectivity index (χ1v) is 25.5. The minimum absolute atomic E-state index is 0. The summed E-state index contributed by atoms with van der Waals surface area (Å²) in [6.07, 6.45) is 2.02. The van der Waals surface area contributed by atoms with Crippen LogP contribution in [-0.4, -0.2) is 22.6 Å². The number of imidazole rings is 1. The maximum Gasteiger partial charge on any atom is 0.0795 e. The van der Waals surface area contributed by atoms with Crippen LogP contribution in [0.1, 0.15) is 9.68 Å². The van der Waals surface area contributed by atoms with Gasteiger partial charge in [-0.05, 0) is 80.4 Å². The Labute approximate surface area is 398 Å². The maximum absolute atomic E-state index is 7.89. The van der Waals surface area contributed by atoms with Gasteiger partial charge in [-0.1, -0.05) is 181 Å². The number of nitrogens with zero attached hydrogens (tertiary/aromatic N) is 3. The van der Waals surface area contributed by atoms with Crippen LogP contribution in [0.4, 0.5) is 0 Å². The van der Waals surface area contributed by atoms with Crippen molar-refractivity contribution < 1.29 is 24.2 Å². The van der Waals surface area contributed by atoms with E-state index >= 15 is 0 Å². The Hall–Kier alpha value is -6.53. The molecule has 6 heteroatoms. The fourth-order valence-corrected chi connectivity index (χ4v) is 10.4. The number of hydrogen-bond acceptors (Lipinski definition) is 3. The molecule has 8 aromatic carbocycles. The van der Waals surface area contributed by atoms with E-state index in [4.69, 9.17) is 9.10 Å². The van der Waals surface area contributed by atoms with Crippen molar-refractivity contribution in [1.29, 1.82) is 0 Å². The van der Waals surface area contributed by atoms with E-state index in [-0.39, 0.29) is 20.1 Å². The number of benzene rings is 8. The summed E-state index contributed by atoms with van der Waals surface area (Å²) in [5.41, 5.74) is 12.9. The normalized spacial score (nSPS) is 12.2. The van der Waals surface area contributed by atoms with Gasteiger partial charge >= 0.3 is 0 Å². The topological polar surface area (TPSA) is 30.7 Å². The van der Waals surface area contributed by atoms with Gasteiger partial charge in [-0.25, -0.2) is 0 Å². The zero-order chi connectivity index (χ0) is 45.4. The summed E-state index contributed by atoms with van der Waals surface area (Å²) in [4.78, 5) is 9.76. The zero-order valence-electron chi connectivity index (χ0n) is 38.6. The number of rotatable bonds is 7. The van der Waals surface area contributed by atoms with Gasteiger partial charge in [-0.15, -0.1) is 48.0 Å². The Morgan fingerprint density at radius 1 is 0.625 bits per heavy atom. The van der Waals surface area contributed by atoms with Crippen molar-refractivity contribution >= 4 is 55.8 Å². The molecule has 313 valence electrons. The molecule has 64 heavy (non-hydrogen) atoms. The van der Waals surface area contributed by atoms with E-state index in [1.807, 2.05) is 66.9 Å². The molecule has 0 bridgehead atoms. The summed E-state index contributed by atoms with van der Waals surface area (Å²) < 4.78 is 28.1. The van der Waals surface area contributed by atoms with E-state index in [0.29, 0.717) is 5.56 Å². The molecule has 3 nitrogen and oxygen atoms in total. The number of pyridine rings is 1. The zero-order valence-corrected chi connectivity index (χ0v) is 39.8. The molecule has 0 fully saturated rings. The number of aryl methyl sites for hydroxylation is 1. The average Bonchev–Trinajstić information content (AvgIpc) is 3.94. The van der Waals surface area contributed by atoms with Gasteiger partial charge in [0.2, 0.25) is 0 Å². The molecular formula is C58H45IrN3SSi-2. The third kappa shape index (κ3) is 8.58. The molecule has 0 aliphatic rings. The minimum atomic E-state index is -2.16. The SMILES string of the molecule is C[Si](C)(C)c1ccc(-c2[c-]cccc2)nc1.[2H]C([2H])([2H])c1ccc(-c2c[c-]c(-c3nc4ccccc4n3-c3ccc(-c4ccccc4)cc3)c3sc4cc(-c5ccccc5)ccc4c23)cc1.[Ir]. The quantitative estimate of drug-likeness (QED) is 0.118. The van der Waals surface area contributed by atoms with Crippen molar-refractivity contribution in [1.82, 2.24) is 14.5 Å². The second kappa shape index (κ2) is 18.3. The molecule has 0 amide bonds. The molecule has 0 N–H and O–H groups in total. The van der Waals surface area contributed by atoms with E-state index in [0.717, 1.165) is 81.8 Å². The predicted molar refractivity (Wildman–Crippen MR) is 271 cm³/mol. The summed E-state index contributed by atoms with van der Waals surface area (Å²) in [5, 5.41) is 3.65. The van der Waals surface area contributed by atoms with Crippen LogP contribution >= 0.6 is 11.3 Å². The molecule has 1 radical (unpaired) electrons. The summed E-state index contributed by atoms with van der Waals surface area (Å²) >= 11 is 1.75. The van der Waals surface area contributed by atoms with Crippen molar-refractivity contribution in [3.05, 3.63) is 218 Å². The Bertz CT molecular complexity index is 3460. The van der Waals surface area contributed by atoms with Crippen LogP contribution < -0.4 is 5.19 Å². The minimum Gasteiger partial charge on any atom is -0.333 e. The van der Waals surface area contributed by atoms with Crippen LogP contribution in [0.15, 0.2) is 200 Å². The van der Waals surface area contributed by atoms with Gasteiger partial charge in [0.15, 0.2) is 0 Å². The number of hydrogen-bond donors (Lipinski definition) is 0. The Balaban J connectivity index is 0.000000281. The fraction of sp³-hybridized carbons (Fsp3) is 0.0690. The third-order valence-electron chi connectivity index (χ3n) is 11.5. The van der Waals surface area contributed by atoms with Crippen molar-refractivity contribution in [3.8, 4) is 61.7 Å². The van der Waals surface area contributed by atoms with Gasteiger partial charge < -0.3 is 9.55 Å². The second-order valence-corrected chi connectivity index (χ2v) is 22.8. The molecular weight excluding hydrogens is 991 g/mol. The van der Waals surface area contributed by atoms with Crippen LogP contribution in [0.25, 0.3) is 92.9 Å². The standard InChI is InChI=1S/C44H29N2S.C14H16NSi.Ir/c1-29-16-18-33(19-17-29)36-26-27-38(43-42(36)37-25-22-34(28-41(37)47-43)31-12-6-3-7-13-31)44-45-39-14-8-9-15-40(39)46(44)35-23-20-32(21-24-35)30-10-4-2-5-11-30;1-16(2,3)13-9-10-14(15-11-13)12-7-5-4-6-8-12;/h2-26,28H,1H3;4-7,9-11H,1-3H3;/q2*-1;/i1D3;;. The number of aromatic nitrogens is 3. The van der Waals surface area contributed by atoms with Gasteiger partial charge in [0.25, 0.3) is 0 Å². The van der Waals surface area contributed by atoms with Crippen LogP contribution in [0, 0.1) is 19.0 Å². The number of thiophene rings is 1. The second-order valence-electron chi connectivity index (χ2n) is 16.7. The molecule has 11 aromatic rings. The van der Waals surface area contributed by atoms with E-state index in [1.54, 1.807) is 23.5 Å². The molecule has 3 aromatic heterocycles. The van der Waals surface area contributed by atoms with Crippen LogP contribution in [0.5, 0.6) is 0 Å². The molecule has 0 unspecified atom stereocenters. The average molecular weight is 1040 g/mol. The fourth-order valence-electron chi connectivity index (χ4n) is 8.11. The van der Waals surface area contributed by atoms with Gasteiger partial charge in [-0.3, -0.25) is 4.98 Å². The van der Waals surface area contributed by atoms with E-state index in [9.17, 15) is 0 Å². The molecule has 3 heterocycles. The molecule has 0 saturated carbocycles. The number of para-hydroxylation sites is 2. The summed E-state index contributed by atoms with van der Waals surface area (Å²) in [6.45, 7) is 4.83. The Morgan fingerprint density at radius 3 is 1.95 bits per heavy atom. The van der Waals surface area contributed by atoms with E-state index in [2.05, 4.69) is 163 Å². The van der Waals surface area contributed by atoms with Crippen molar-refractivity contribution in [3.63, 3.8) is 0 Å². The first-order valence-electron chi connectivity index (χ1n) is 22.6. The summed E-state index contributed by atoms with van der Waals surface area (Å²) in [7, 11) is -1.23. The molecule has 0 aliphatic heterocycles. The van der Waals surface area contributed by atoms with Crippen molar-refractivity contribution in [2.45, 2.75) is 26.5 Å². The molecule has 0 spiro atoms. The van der Waals surface area contributed by atoms with Crippen molar-refractivity contribution in [2.24, 2.45) is 0 Å². The summed E-state index contributed by atoms with van der Waals surface area (Å²) in [6, 6.07) is 72.8. The Morgan fingerprint density at radius 2 is 1.28 bits per heavy atom. The van der Waals surface area contributed by atoms with E-state index < -0.39 is 14.9 Å². The van der Waals surface area contributed by atoms with Crippen LogP contribution in [-0.2, 0) is 20.1 Å². The van der Waals surface area contributed by atoms with Crippen molar-refractivity contribution in [2.75, 3.05) is 0 Å². The van der Waals surface area contributed by atoms with Crippen LogP contribution in [0.3, 0.4) is 0 Å². The molecule has 0 atom stereocenters. The first kappa shape index (κ1) is 39.1. The smallest absolute Gasteiger partial charge is 0.0795 e. The monoisotopic (exact) mass is 1040 g/mol. The van der Waals surface area contributed by atoms with Gasteiger partial charge in [0.05, 0.1) is 24.9 Å². The first-order chi connectivity index (χ1) is 32.0. The molecule has 0 saturated heterocycles. The largest absolute Gasteiger partial charge is 0.333 e. The van der Waals surface area contributed by atoms with Gasteiger partial charge in [0.1, 0.15) is 0 Å². The molecule has 0 aliphatic carbocycles. The Kier molecular flexibility index (Phi) is 11.2. The maximum atomic E-state index is 7.89. The third-order valence-corrected chi connectivity index (χ3v) is 14.7.